The van der Waals surface area contributed by atoms with Gasteiger partial charge in [0.25, 0.3) is 0 Å². The Kier molecular flexibility index (Phi) is 4.16. The van der Waals surface area contributed by atoms with Crippen molar-refractivity contribution in [3.8, 4) is 6.07 Å². The minimum atomic E-state index is -0.645. The minimum Gasteiger partial charge on any atom is -0.444 e. The Bertz CT molecular complexity index is 717. The molecule has 1 aromatic heterocycles. The minimum absolute atomic E-state index is 0.128. The van der Waals surface area contributed by atoms with Gasteiger partial charge in [0.1, 0.15) is 5.60 Å². The number of nitrogens with zero attached hydrogens (tertiary/aromatic N) is 3. The van der Waals surface area contributed by atoms with Crippen LogP contribution in [0.15, 0.2) is 35.1 Å². The average molecular weight is 390 g/mol. The van der Waals surface area contributed by atoms with Crippen LogP contribution in [0.2, 0.25) is 0 Å². The van der Waals surface area contributed by atoms with Gasteiger partial charge in [-0.3, -0.25) is 9.88 Å². The molecular formula is C18H20BrN3O2. The summed E-state index contributed by atoms with van der Waals surface area (Å²) >= 11 is 3.42. The number of ether oxygens (including phenoxy) is 1. The zero-order valence-corrected chi connectivity index (χ0v) is 15.6. The van der Waals surface area contributed by atoms with E-state index in [9.17, 15) is 10.1 Å². The molecule has 1 saturated heterocycles. The molecule has 3 atom stereocenters. The summed E-state index contributed by atoms with van der Waals surface area (Å²) in [7, 11) is 0. The highest BCUT2D eigenvalue weighted by Crippen LogP contribution is 2.44. The lowest BCUT2D eigenvalue weighted by molar-refractivity contribution is 0.00562. The molecule has 6 heteroatoms. The molecule has 24 heavy (non-hydrogen) atoms. The molecule has 3 heterocycles. The summed E-state index contributed by atoms with van der Waals surface area (Å²) in [5, 5.41) is 9.90. The number of rotatable bonds is 1. The number of piperidine rings is 1. The lowest BCUT2D eigenvalue weighted by Crippen LogP contribution is -2.53. The third-order valence-corrected chi connectivity index (χ3v) is 4.89. The highest BCUT2D eigenvalue weighted by molar-refractivity contribution is 9.10. The Labute approximate surface area is 150 Å². The third-order valence-electron chi connectivity index (χ3n) is 4.46. The zero-order chi connectivity index (χ0) is 17.5. The molecule has 1 fully saturated rings. The summed E-state index contributed by atoms with van der Waals surface area (Å²) in [6.07, 6.45) is 8.26. The smallest absolute Gasteiger partial charge is 0.411 e. The molecule has 0 aromatic carbocycles. The predicted molar refractivity (Wildman–Crippen MR) is 93.3 cm³/mol. The number of carbonyl (C=O) groups excluding carboxylic acids is 1. The first-order chi connectivity index (χ1) is 11.2. The molecule has 2 aliphatic heterocycles. The standard InChI is InChI=1S/C18H20BrN3O2/c1-17(2,3)24-16(23)22-14-4-5-15(22)8-18(7-14,11-20)12-6-13(19)10-21-9-12/h4-6,9-10,14-15H,7-8H2,1-3H3/t14-,15+,18+. The van der Waals surface area contributed by atoms with E-state index < -0.39 is 11.0 Å². The van der Waals surface area contributed by atoms with Crippen molar-refractivity contribution in [2.45, 2.75) is 56.7 Å². The number of fused-ring (bicyclic) bond motifs is 2. The zero-order valence-electron chi connectivity index (χ0n) is 14.0. The number of hydrogen-bond donors (Lipinski definition) is 0. The summed E-state index contributed by atoms with van der Waals surface area (Å²) in [5.74, 6) is 0. The highest BCUT2D eigenvalue weighted by Gasteiger charge is 2.50. The van der Waals surface area contributed by atoms with Gasteiger partial charge in [-0.15, -0.1) is 0 Å². The topological polar surface area (TPSA) is 66.2 Å². The number of amides is 1. The second-order valence-corrected chi connectivity index (χ2v) is 8.32. The van der Waals surface area contributed by atoms with E-state index in [1.807, 2.05) is 39.0 Å². The number of aromatic nitrogens is 1. The van der Waals surface area contributed by atoms with Gasteiger partial charge >= 0.3 is 6.09 Å². The number of carbonyl (C=O) groups is 1. The van der Waals surface area contributed by atoms with E-state index in [0.717, 1.165) is 10.0 Å². The van der Waals surface area contributed by atoms with Gasteiger partial charge < -0.3 is 4.74 Å². The molecule has 0 spiro atoms. The van der Waals surface area contributed by atoms with Gasteiger partial charge in [-0.2, -0.15) is 5.26 Å². The van der Waals surface area contributed by atoms with Gasteiger partial charge in [0.05, 0.1) is 23.6 Å². The van der Waals surface area contributed by atoms with Crippen LogP contribution >= 0.6 is 15.9 Å². The van der Waals surface area contributed by atoms with Gasteiger partial charge in [-0.05, 0) is 61.2 Å². The van der Waals surface area contributed by atoms with Crippen LogP contribution in [-0.2, 0) is 10.2 Å². The normalized spacial score (nSPS) is 28.5. The van der Waals surface area contributed by atoms with Gasteiger partial charge in [-0.1, -0.05) is 12.2 Å². The lowest BCUT2D eigenvalue weighted by Gasteiger charge is -2.43. The SMILES string of the molecule is CC(C)(C)OC(=O)N1[C@@H]2C=C[C@H]1C[C@@](C#N)(c1cncc(Br)c1)C2. The maximum absolute atomic E-state index is 12.5. The van der Waals surface area contributed by atoms with Gasteiger partial charge in [0.2, 0.25) is 0 Å². The van der Waals surface area contributed by atoms with Crippen molar-refractivity contribution in [3.63, 3.8) is 0 Å². The summed E-state index contributed by atoms with van der Waals surface area (Å²) in [4.78, 5) is 18.5. The van der Waals surface area contributed by atoms with Gasteiger partial charge in [-0.25, -0.2) is 4.79 Å². The van der Waals surface area contributed by atoms with Gasteiger partial charge in [0.15, 0.2) is 0 Å². The van der Waals surface area contributed by atoms with Crippen LogP contribution < -0.4 is 0 Å². The number of nitriles is 1. The maximum atomic E-state index is 12.5. The summed E-state index contributed by atoms with van der Waals surface area (Å²) in [6.45, 7) is 5.57. The molecule has 1 aromatic rings. The van der Waals surface area contributed by atoms with E-state index in [0.29, 0.717) is 12.8 Å². The van der Waals surface area contributed by atoms with Crippen molar-refractivity contribution in [1.29, 1.82) is 5.26 Å². The monoisotopic (exact) mass is 389 g/mol. The fourth-order valence-corrected chi connectivity index (χ4v) is 3.83. The number of hydrogen-bond acceptors (Lipinski definition) is 4. The van der Waals surface area contributed by atoms with E-state index in [1.54, 1.807) is 17.3 Å². The molecule has 3 rings (SSSR count). The van der Waals surface area contributed by atoms with Crippen molar-refractivity contribution in [1.82, 2.24) is 9.88 Å². The van der Waals surface area contributed by atoms with E-state index in [-0.39, 0.29) is 18.2 Å². The lowest BCUT2D eigenvalue weighted by atomic mass is 9.71. The molecule has 0 radical (unpaired) electrons. The first-order valence-corrected chi connectivity index (χ1v) is 8.75. The quantitative estimate of drug-likeness (QED) is 0.682. The van der Waals surface area contributed by atoms with Crippen molar-refractivity contribution in [2.75, 3.05) is 0 Å². The molecule has 0 saturated carbocycles. The van der Waals surface area contributed by atoms with Crippen molar-refractivity contribution < 1.29 is 9.53 Å². The largest absolute Gasteiger partial charge is 0.444 e. The molecule has 5 nitrogen and oxygen atoms in total. The van der Waals surface area contributed by atoms with Gasteiger partial charge in [0, 0.05) is 16.9 Å². The van der Waals surface area contributed by atoms with Crippen molar-refractivity contribution >= 4 is 22.0 Å². The van der Waals surface area contributed by atoms with Crippen LogP contribution in [-0.4, -0.2) is 33.7 Å². The van der Waals surface area contributed by atoms with Crippen LogP contribution in [0.25, 0.3) is 0 Å². The van der Waals surface area contributed by atoms with Crippen LogP contribution in [0.3, 0.4) is 0 Å². The van der Waals surface area contributed by atoms with E-state index >= 15 is 0 Å². The highest BCUT2D eigenvalue weighted by atomic mass is 79.9. The summed E-state index contributed by atoms with van der Waals surface area (Å²) in [5.41, 5.74) is -0.287. The maximum Gasteiger partial charge on any atom is 0.411 e. The van der Waals surface area contributed by atoms with Crippen molar-refractivity contribution in [2.24, 2.45) is 0 Å². The summed E-state index contributed by atoms with van der Waals surface area (Å²) < 4.78 is 6.38. The first kappa shape index (κ1) is 17.0. The fraction of sp³-hybridized carbons (Fsp3) is 0.500. The molecule has 2 aliphatic rings. The van der Waals surface area contributed by atoms with Crippen LogP contribution in [0, 0.1) is 11.3 Å². The second-order valence-electron chi connectivity index (χ2n) is 7.40. The summed E-state index contributed by atoms with van der Waals surface area (Å²) in [6, 6.07) is 4.18. The predicted octanol–water partition coefficient (Wildman–Crippen LogP) is 3.94. The van der Waals surface area contributed by atoms with Crippen LogP contribution in [0.1, 0.15) is 39.2 Å². The molecule has 0 N–H and O–H groups in total. The second kappa shape index (κ2) is 5.89. The fourth-order valence-electron chi connectivity index (χ4n) is 3.47. The molecule has 0 unspecified atom stereocenters. The van der Waals surface area contributed by atoms with E-state index in [2.05, 4.69) is 27.0 Å². The molecular weight excluding hydrogens is 370 g/mol. The Morgan fingerprint density at radius 2 is 2.00 bits per heavy atom. The van der Waals surface area contributed by atoms with Crippen LogP contribution in [0.4, 0.5) is 4.79 Å². The molecule has 126 valence electrons. The van der Waals surface area contributed by atoms with Crippen molar-refractivity contribution in [3.05, 3.63) is 40.6 Å². The van der Waals surface area contributed by atoms with E-state index in [4.69, 9.17) is 4.74 Å². The molecule has 1 amide bonds. The van der Waals surface area contributed by atoms with Crippen LogP contribution in [0.5, 0.6) is 0 Å². The Morgan fingerprint density at radius 3 is 2.50 bits per heavy atom. The molecule has 2 bridgehead atoms. The Hall–Kier alpha value is -1.87. The Balaban J connectivity index is 1.87. The number of halogens is 1. The number of pyridine rings is 1. The average Bonchev–Trinajstić information content (AvgIpc) is 2.77. The van der Waals surface area contributed by atoms with E-state index in [1.165, 1.54) is 0 Å². The molecule has 0 aliphatic carbocycles. The Morgan fingerprint density at radius 1 is 1.38 bits per heavy atom. The third kappa shape index (κ3) is 3.05. The first-order valence-electron chi connectivity index (χ1n) is 7.96.